The molecule has 112 valence electrons. The fraction of sp³-hybridized carbons (Fsp3) is 0.600. The van der Waals surface area contributed by atoms with Gasteiger partial charge < -0.3 is 4.74 Å². The molecule has 0 atom stereocenters. The SMILES string of the molecule is CCCCCCCCCOc1cc([N+](=O)[O-])ccc1Cl. The van der Waals surface area contributed by atoms with Crippen LogP contribution in [0.5, 0.6) is 5.75 Å². The Balaban J connectivity index is 2.24. The van der Waals surface area contributed by atoms with Gasteiger partial charge in [-0.05, 0) is 12.5 Å². The van der Waals surface area contributed by atoms with Crippen molar-refractivity contribution >= 4 is 17.3 Å². The Labute approximate surface area is 125 Å². The fourth-order valence-electron chi connectivity index (χ4n) is 1.96. The molecule has 0 heterocycles. The van der Waals surface area contributed by atoms with Gasteiger partial charge in [-0.25, -0.2) is 0 Å². The van der Waals surface area contributed by atoms with Crippen molar-refractivity contribution < 1.29 is 9.66 Å². The maximum absolute atomic E-state index is 10.7. The molecule has 0 aromatic heterocycles. The molecule has 0 saturated heterocycles. The van der Waals surface area contributed by atoms with E-state index in [1.807, 2.05) is 0 Å². The molecule has 4 nitrogen and oxygen atoms in total. The van der Waals surface area contributed by atoms with E-state index in [4.69, 9.17) is 16.3 Å². The fourth-order valence-corrected chi connectivity index (χ4v) is 2.13. The summed E-state index contributed by atoms with van der Waals surface area (Å²) in [5, 5.41) is 11.1. The molecule has 0 amide bonds. The summed E-state index contributed by atoms with van der Waals surface area (Å²) in [5.41, 5.74) is 0.00367. The number of nitro benzene ring substituents is 1. The highest BCUT2D eigenvalue weighted by Crippen LogP contribution is 2.29. The highest BCUT2D eigenvalue weighted by molar-refractivity contribution is 6.32. The van der Waals surface area contributed by atoms with E-state index in [1.54, 1.807) is 0 Å². The highest BCUT2D eigenvalue weighted by Gasteiger charge is 2.10. The quantitative estimate of drug-likeness (QED) is 0.331. The summed E-state index contributed by atoms with van der Waals surface area (Å²) in [7, 11) is 0. The molecular weight excluding hydrogens is 278 g/mol. The van der Waals surface area contributed by atoms with Gasteiger partial charge in [-0.1, -0.05) is 57.0 Å². The normalized spacial score (nSPS) is 10.5. The predicted molar refractivity (Wildman–Crippen MR) is 81.6 cm³/mol. The van der Waals surface area contributed by atoms with Gasteiger partial charge in [0.2, 0.25) is 0 Å². The third-order valence-corrected chi connectivity index (χ3v) is 3.44. The highest BCUT2D eigenvalue weighted by atomic mass is 35.5. The van der Waals surface area contributed by atoms with Crippen LogP contribution in [0.1, 0.15) is 51.9 Å². The molecule has 0 bridgehead atoms. The third kappa shape index (κ3) is 6.24. The molecule has 0 aliphatic carbocycles. The van der Waals surface area contributed by atoms with E-state index in [-0.39, 0.29) is 5.69 Å². The maximum Gasteiger partial charge on any atom is 0.273 e. The molecule has 0 spiro atoms. The van der Waals surface area contributed by atoms with Crippen molar-refractivity contribution in [3.8, 4) is 5.75 Å². The molecule has 5 heteroatoms. The zero-order valence-corrected chi connectivity index (χ0v) is 12.7. The maximum atomic E-state index is 10.7. The van der Waals surface area contributed by atoms with Crippen molar-refractivity contribution in [2.45, 2.75) is 51.9 Å². The molecule has 1 aromatic rings. The number of rotatable bonds is 10. The topological polar surface area (TPSA) is 52.4 Å². The van der Waals surface area contributed by atoms with Crippen molar-refractivity contribution in [3.63, 3.8) is 0 Å². The second-order valence-electron chi connectivity index (χ2n) is 4.84. The molecule has 0 aliphatic heterocycles. The van der Waals surface area contributed by atoms with E-state index in [1.165, 1.54) is 50.3 Å². The smallest absolute Gasteiger partial charge is 0.273 e. The minimum Gasteiger partial charge on any atom is -0.492 e. The Morgan fingerprint density at radius 2 is 1.80 bits per heavy atom. The predicted octanol–water partition coefficient (Wildman–Crippen LogP) is 5.38. The lowest BCUT2D eigenvalue weighted by molar-refractivity contribution is -0.384. The van der Waals surface area contributed by atoms with Crippen LogP contribution in [-0.2, 0) is 0 Å². The van der Waals surface area contributed by atoms with Gasteiger partial charge in [0, 0.05) is 6.07 Å². The number of unbranched alkanes of at least 4 members (excludes halogenated alkanes) is 6. The Hall–Kier alpha value is -1.29. The van der Waals surface area contributed by atoms with Crippen molar-refractivity contribution in [2.75, 3.05) is 6.61 Å². The zero-order valence-electron chi connectivity index (χ0n) is 11.9. The van der Waals surface area contributed by atoms with Gasteiger partial charge in [0.1, 0.15) is 5.75 Å². The molecule has 0 radical (unpaired) electrons. The van der Waals surface area contributed by atoms with Gasteiger partial charge in [-0.15, -0.1) is 0 Å². The summed E-state index contributed by atoms with van der Waals surface area (Å²) < 4.78 is 5.52. The van der Waals surface area contributed by atoms with E-state index in [0.717, 1.165) is 12.8 Å². The van der Waals surface area contributed by atoms with Crippen molar-refractivity contribution in [1.29, 1.82) is 0 Å². The summed E-state index contributed by atoms with van der Waals surface area (Å²) in [6, 6.07) is 4.26. The first-order chi connectivity index (χ1) is 9.65. The van der Waals surface area contributed by atoms with Crippen LogP contribution in [0.3, 0.4) is 0 Å². The van der Waals surface area contributed by atoms with Crippen LogP contribution in [-0.4, -0.2) is 11.5 Å². The molecule has 0 aliphatic rings. The summed E-state index contributed by atoms with van der Waals surface area (Å²) in [6.07, 6.45) is 8.42. The Morgan fingerprint density at radius 1 is 1.15 bits per heavy atom. The minimum atomic E-state index is -0.448. The third-order valence-electron chi connectivity index (χ3n) is 3.13. The lowest BCUT2D eigenvalue weighted by Crippen LogP contribution is -1.99. The van der Waals surface area contributed by atoms with Crippen LogP contribution < -0.4 is 4.74 Å². The molecule has 0 saturated carbocycles. The first kappa shape index (κ1) is 16.8. The second kappa shape index (κ2) is 9.59. The van der Waals surface area contributed by atoms with E-state index < -0.39 is 4.92 Å². The molecule has 1 rings (SSSR count). The first-order valence-corrected chi connectivity index (χ1v) is 7.59. The summed E-state index contributed by atoms with van der Waals surface area (Å²) in [4.78, 5) is 10.2. The summed E-state index contributed by atoms with van der Waals surface area (Å²) in [5.74, 6) is 0.395. The number of ether oxygens (including phenoxy) is 1. The van der Waals surface area contributed by atoms with E-state index in [2.05, 4.69) is 6.92 Å². The van der Waals surface area contributed by atoms with Crippen molar-refractivity contribution in [3.05, 3.63) is 33.3 Å². The van der Waals surface area contributed by atoms with Crippen LogP contribution in [0, 0.1) is 10.1 Å². The molecular formula is C15H22ClNO3. The first-order valence-electron chi connectivity index (χ1n) is 7.22. The van der Waals surface area contributed by atoms with Gasteiger partial charge in [0.05, 0.1) is 22.6 Å². The zero-order chi connectivity index (χ0) is 14.8. The number of benzene rings is 1. The van der Waals surface area contributed by atoms with E-state index in [0.29, 0.717) is 17.4 Å². The van der Waals surface area contributed by atoms with Crippen LogP contribution in [0.4, 0.5) is 5.69 Å². The second-order valence-corrected chi connectivity index (χ2v) is 5.25. The number of nitrogens with zero attached hydrogens (tertiary/aromatic N) is 1. The summed E-state index contributed by atoms with van der Waals surface area (Å²) in [6.45, 7) is 2.76. The standard InChI is InChI=1S/C15H22ClNO3/c1-2-3-4-5-6-7-8-11-20-15-12-13(17(18)19)9-10-14(15)16/h9-10,12H,2-8,11H2,1H3. The monoisotopic (exact) mass is 299 g/mol. The number of hydrogen-bond acceptors (Lipinski definition) is 3. The lowest BCUT2D eigenvalue weighted by Gasteiger charge is -2.07. The van der Waals surface area contributed by atoms with Crippen molar-refractivity contribution in [2.24, 2.45) is 0 Å². The molecule has 0 fully saturated rings. The van der Waals surface area contributed by atoms with Gasteiger partial charge in [-0.3, -0.25) is 10.1 Å². The minimum absolute atomic E-state index is 0.00367. The lowest BCUT2D eigenvalue weighted by atomic mass is 10.1. The number of halogens is 1. The molecule has 0 N–H and O–H groups in total. The van der Waals surface area contributed by atoms with Crippen LogP contribution in [0.15, 0.2) is 18.2 Å². The largest absolute Gasteiger partial charge is 0.492 e. The summed E-state index contributed by atoms with van der Waals surface area (Å²) >= 11 is 5.95. The Kier molecular flexibility index (Phi) is 8.04. The van der Waals surface area contributed by atoms with E-state index in [9.17, 15) is 10.1 Å². The Bertz CT molecular complexity index is 424. The van der Waals surface area contributed by atoms with Crippen LogP contribution in [0.2, 0.25) is 5.02 Å². The van der Waals surface area contributed by atoms with E-state index >= 15 is 0 Å². The number of non-ortho nitro benzene ring substituents is 1. The van der Waals surface area contributed by atoms with Crippen LogP contribution >= 0.6 is 11.6 Å². The molecule has 0 unspecified atom stereocenters. The van der Waals surface area contributed by atoms with Gasteiger partial charge in [-0.2, -0.15) is 0 Å². The average Bonchev–Trinajstić information content (AvgIpc) is 2.43. The van der Waals surface area contributed by atoms with Crippen LogP contribution in [0.25, 0.3) is 0 Å². The van der Waals surface area contributed by atoms with Crippen molar-refractivity contribution in [1.82, 2.24) is 0 Å². The Morgan fingerprint density at radius 3 is 2.45 bits per heavy atom. The average molecular weight is 300 g/mol. The molecule has 1 aromatic carbocycles. The number of nitro groups is 1. The molecule has 20 heavy (non-hydrogen) atoms. The van der Waals surface area contributed by atoms with Gasteiger partial charge in [0.15, 0.2) is 0 Å². The van der Waals surface area contributed by atoms with Gasteiger partial charge in [0.25, 0.3) is 5.69 Å². The number of hydrogen-bond donors (Lipinski definition) is 0. The van der Waals surface area contributed by atoms with Gasteiger partial charge >= 0.3 is 0 Å².